The second-order valence-corrected chi connectivity index (χ2v) is 4.94. The van der Waals surface area contributed by atoms with Crippen LogP contribution in [0.15, 0.2) is 0 Å². The maximum Gasteiger partial charge on any atom is 0.242 e. The fraction of sp³-hybridized carbons (Fsp3) is 0.846. The third-order valence-electron chi connectivity index (χ3n) is 3.55. The topological polar surface area (TPSA) is 84.2 Å². The molecule has 104 valence electrons. The summed E-state index contributed by atoms with van der Waals surface area (Å²) < 4.78 is 0. The van der Waals surface area contributed by atoms with Gasteiger partial charge >= 0.3 is 0 Å². The summed E-state index contributed by atoms with van der Waals surface area (Å²) in [5, 5.41) is 5.57. The largest absolute Gasteiger partial charge is 0.354 e. The Balaban J connectivity index is 2.25. The third-order valence-corrected chi connectivity index (χ3v) is 3.55. The number of amides is 2. The van der Waals surface area contributed by atoms with Crippen molar-refractivity contribution in [2.24, 2.45) is 11.7 Å². The molecule has 5 heteroatoms. The molecule has 0 aliphatic carbocycles. The molecule has 0 aromatic heterocycles. The molecule has 1 aliphatic rings. The molecular weight excluding hydrogens is 230 g/mol. The van der Waals surface area contributed by atoms with Gasteiger partial charge in [-0.3, -0.25) is 9.59 Å². The Morgan fingerprint density at radius 2 is 2.33 bits per heavy atom. The normalized spacial score (nSPS) is 21.2. The number of rotatable bonds is 7. The van der Waals surface area contributed by atoms with Gasteiger partial charge in [0.1, 0.15) is 6.04 Å². The SMILES string of the molecule is CCC(CCN)CCC(=O)NC1CCCNC1=O. The number of piperidine rings is 1. The Kier molecular flexibility index (Phi) is 6.72. The molecule has 1 saturated heterocycles. The van der Waals surface area contributed by atoms with Gasteiger partial charge in [-0.1, -0.05) is 13.3 Å². The first-order valence-electron chi connectivity index (χ1n) is 6.94. The van der Waals surface area contributed by atoms with Crippen LogP contribution in [0.4, 0.5) is 0 Å². The zero-order chi connectivity index (χ0) is 13.4. The summed E-state index contributed by atoms with van der Waals surface area (Å²) in [5.41, 5.74) is 5.53. The molecule has 1 heterocycles. The standard InChI is InChI=1S/C13H25N3O2/c1-2-10(7-8-14)5-6-12(17)16-11-4-3-9-15-13(11)18/h10-11H,2-9,14H2,1H3,(H,15,18)(H,16,17). The first kappa shape index (κ1) is 15.0. The minimum atomic E-state index is -0.333. The minimum absolute atomic E-state index is 0.0208. The van der Waals surface area contributed by atoms with Crippen LogP contribution in [0.1, 0.15) is 45.4 Å². The van der Waals surface area contributed by atoms with Crippen LogP contribution < -0.4 is 16.4 Å². The molecule has 0 spiro atoms. The van der Waals surface area contributed by atoms with Crippen molar-refractivity contribution in [3.05, 3.63) is 0 Å². The molecule has 5 nitrogen and oxygen atoms in total. The van der Waals surface area contributed by atoms with Crippen molar-refractivity contribution in [2.45, 2.75) is 51.5 Å². The molecule has 0 aromatic carbocycles. The first-order valence-corrected chi connectivity index (χ1v) is 6.94. The second kappa shape index (κ2) is 8.08. The van der Waals surface area contributed by atoms with Gasteiger partial charge < -0.3 is 16.4 Å². The molecule has 18 heavy (non-hydrogen) atoms. The molecule has 0 saturated carbocycles. The Morgan fingerprint density at radius 3 is 2.94 bits per heavy atom. The van der Waals surface area contributed by atoms with Gasteiger partial charge in [0.15, 0.2) is 0 Å². The maximum atomic E-state index is 11.8. The molecule has 2 unspecified atom stereocenters. The molecule has 4 N–H and O–H groups in total. The van der Waals surface area contributed by atoms with Crippen LogP contribution in [0.3, 0.4) is 0 Å². The molecule has 0 aromatic rings. The van der Waals surface area contributed by atoms with Crippen molar-refractivity contribution in [1.29, 1.82) is 0 Å². The summed E-state index contributed by atoms with van der Waals surface area (Å²) in [5.74, 6) is 0.442. The highest BCUT2D eigenvalue weighted by Crippen LogP contribution is 2.14. The summed E-state index contributed by atoms with van der Waals surface area (Å²) in [4.78, 5) is 23.2. The average Bonchev–Trinajstić information content (AvgIpc) is 2.37. The highest BCUT2D eigenvalue weighted by atomic mass is 16.2. The fourth-order valence-electron chi connectivity index (χ4n) is 2.30. The van der Waals surface area contributed by atoms with Gasteiger partial charge in [-0.25, -0.2) is 0 Å². The van der Waals surface area contributed by atoms with Gasteiger partial charge in [-0.2, -0.15) is 0 Å². The van der Waals surface area contributed by atoms with Crippen molar-refractivity contribution in [3.63, 3.8) is 0 Å². The third kappa shape index (κ3) is 5.04. The predicted octanol–water partition coefficient (Wildman–Crippen LogP) is 0.536. The van der Waals surface area contributed by atoms with Crippen molar-refractivity contribution >= 4 is 11.8 Å². The summed E-state index contributed by atoms with van der Waals surface area (Å²) >= 11 is 0. The number of nitrogens with one attached hydrogen (secondary N) is 2. The van der Waals surface area contributed by atoms with E-state index in [0.29, 0.717) is 18.9 Å². The van der Waals surface area contributed by atoms with Crippen LogP contribution in [0.5, 0.6) is 0 Å². The Morgan fingerprint density at radius 1 is 1.56 bits per heavy atom. The number of hydrogen-bond acceptors (Lipinski definition) is 3. The van der Waals surface area contributed by atoms with E-state index in [9.17, 15) is 9.59 Å². The van der Waals surface area contributed by atoms with Gasteiger partial charge in [-0.05, 0) is 38.1 Å². The zero-order valence-corrected chi connectivity index (χ0v) is 11.2. The van der Waals surface area contributed by atoms with Gasteiger partial charge in [0.25, 0.3) is 0 Å². The second-order valence-electron chi connectivity index (χ2n) is 4.94. The smallest absolute Gasteiger partial charge is 0.242 e. The quantitative estimate of drug-likeness (QED) is 0.620. The van der Waals surface area contributed by atoms with E-state index in [4.69, 9.17) is 5.73 Å². The summed E-state index contributed by atoms with van der Waals surface area (Å²) in [7, 11) is 0. The van der Waals surface area contributed by atoms with Crippen LogP contribution >= 0.6 is 0 Å². The van der Waals surface area contributed by atoms with E-state index in [1.54, 1.807) is 0 Å². The Hall–Kier alpha value is -1.10. The molecule has 1 rings (SSSR count). The average molecular weight is 255 g/mol. The van der Waals surface area contributed by atoms with Gasteiger partial charge in [0, 0.05) is 13.0 Å². The number of carbonyl (C=O) groups excluding carboxylic acids is 2. The Bertz CT molecular complexity index is 281. The van der Waals surface area contributed by atoms with Crippen LogP contribution in [0, 0.1) is 5.92 Å². The maximum absolute atomic E-state index is 11.8. The fourth-order valence-corrected chi connectivity index (χ4v) is 2.30. The van der Waals surface area contributed by atoms with E-state index in [1.807, 2.05) is 0 Å². The van der Waals surface area contributed by atoms with E-state index in [0.717, 1.165) is 38.6 Å². The van der Waals surface area contributed by atoms with E-state index in [2.05, 4.69) is 17.6 Å². The van der Waals surface area contributed by atoms with Gasteiger partial charge in [0.2, 0.25) is 11.8 Å². The molecule has 1 aliphatic heterocycles. The first-order chi connectivity index (χ1) is 8.67. The zero-order valence-electron chi connectivity index (χ0n) is 11.2. The minimum Gasteiger partial charge on any atom is -0.354 e. The predicted molar refractivity (Wildman–Crippen MR) is 70.9 cm³/mol. The summed E-state index contributed by atoms with van der Waals surface area (Å²) in [6.07, 6.45) is 5.04. The number of hydrogen-bond donors (Lipinski definition) is 3. The number of carbonyl (C=O) groups is 2. The summed E-state index contributed by atoms with van der Waals surface area (Å²) in [6.45, 7) is 3.51. The molecule has 0 bridgehead atoms. The van der Waals surface area contributed by atoms with E-state index < -0.39 is 0 Å². The van der Waals surface area contributed by atoms with Crippen molar-refractivity contribution in [3.8, 4) is 0 Å². The van der Waals surface area contributed by atoms with Gasteiger partial charge in [-0.15, -0.1) is 0 Å². The molecule has 2 amide bonds. The monoisotopic (exact) mass is 255 g/mol. The molecule has 1 fully saturated rings. The van der Waals surface area contributed by atoms with E-state index in [-0.39, 0.29) is 17.9 Å². The van der Waals surface area contributed by atoms with Crippen LogP contribution in [0.25, 0.3) is 0 Å². The lowest BCUT2D eigenvalue weighted by atomic mass is 9.96. The van der Waals surface area contributed by atoms with E-state index in [1.165, 1.54) is 0 Å². The van der Waals surface area contributed by atoms with Crippen LogP contribution in [-0.2, 0) is 9.59 Å². The van der Waals surface area contributed by atoms with Crippen LogP contribution in [-0.4, -0.2) is 30.9 Å². The number of nitrogens with two attached hydrogens (primary N) is 1. The lowest BCUT2D eigenvalue weighted by molar-refractivity contribution is -0.130. The van der Waals surface area contributed by atoms with Crippen molar-refractivity contribution in [1.82, 2.24) is 10.6 Å². The van der Waals surface area contributed by atoms with Crippen molar-refractivity contribution < 1.29 is 9.59 Å². The highest BCUT2D eigenvalue weighted by Gasteiger charge is 2.23. The van der Waals surface area contributed by atoms with Crippen molar-refractivity contribution in [2.75, 3.05) is 13.1 Å². The van der Waals surface area contributed by atoms with E-state index >= 15 is 0 Å². The molecule has 0 radical (unpaired) electrons. The highest BCUT2D eigenvalue weighted by molar-refractivity contribution is 5.88. The van der Waals surface area contributed by atoms with Crippen LogP contribution in [0.2, 0.25) is 0 Å². The Labute approximate surface area is 109 Å². The lowest BCUT2D eigenvalue weighted by Gasteiger charge is -2.23. The molecule has 2 atom stereocenters. The molecular formula is C13H25N3O2. The summed E-state index contributed by atoms with van der Waals surface area (Å²) in [6, 6.07) is -0.333. The lowest BCUT2D eigenvalue weighted by Crippen LogP contribution is -2.50. The van der Waals surface area contributed by atoms with Gasteiger partial charge in [0.05, 0.1) is 0 Å².